The molecule has 0 saturated heterocycles. The SMILES string of the molecule is NCc1cc(=O)c2cc(C#Cc3ccc(F)cc3)ccc2[nH]1. The molecule has 0 radical (unpaired) electrons. The molecule has 1 aromatic heterocycles. The average molecular weight is 292 g/mol. The third-order valence-electron chi connectivity index (χ3n) is 3.30. The molecule has 3 aromatic rings. The van der Waals surface area contributed by atoms with Gasteiger partial charge in [-0.05, 0) is 42.5 Å². The van der Waals surface area contributed by atoms with Crippen molar-refractivity contribution in [3.63, 3.8) is 0 Å². The predicted molar refractivity (Wildman–Crippen MR) is 84.8 cm³/mol. The van der Waals surface area contributed by atoms with Gasteiger partial charge in [0.1, 0.15) is 5.82 Å². The van der Waals surface area contributed by atoms with Crippen LogP contribution in [-0.4, -0.2) is 4.98 Å². The first-order valence-corrected chi connectivity index (χ1v) is 6.79. The van der Waals surface area contributed by atoms with Gasteiger partial charge in [0.05, 0.1) is 0 Å². The van der Waals surface area contributed by atoms with Gasteiger partial charge in [-0.15, -0.1) is 0 Å². The summed E-state index contributed by atoms with van der Waals surface area (Å²) < 4.78 is 12.8. The fraction of sp³-hybridized carbons (Fsp3) is 0.0556. The molecule has 3 N–H and O–H groups in total. The first-order valence-electron chi connectivity index (χ1n) is 6.79. The third-order valence-corrected chi connectivity index (χ3v) is 3.30. The highest BCUT2D eigenvalue weighted by molar-refractivity contribution is 5.80. The van der Waals surface area contributed by atoms with E-state index in [2.05, 4.69) is 16.8 Å². The van der Waals surface area contributed by atoms with E-state index in [-0.39, 0.29) is 17.8 Å². The second-order valence-electron chi connectivity index (χ2n) is 4.88. The summed E-state index contributed by atoms with van der Waals surface area (Å²) in [6.07, 6.45) is 0. The minimum atomic E-state index is -0.293. The molecule has 0 bridgehead atoms. The Morgan fingerprint density at radius 3 is 2.41 bits per heavy atom. The molecule has 0 amide bonds. The smallest absolute Gasteiger partial charge is 0.189 e. The topological polar surface area (TPSA) is 58.9 Å². The number of rotatable bonds is 1. The van der Waals surface area contributed by atoms with Crippen LogP contribution in [0.5, 0.6) is 0 Å². The van der Waals surface area contributed by atoms with Crippen LogP contribution < -0.4 is 11.2 Å². The monoisotopic (exact) mass is 292 g/mol. The zero-order valence-electron chi connectivity index (χ0n) is 11.7. The highest BCUT2D eigenvalue weighted by Gasteiger charge is 2.02. The summed E-state index contributed by atoms with van der Waals surface area (Å²) in [6.45, 7) is 0.289. The standard InChI is InChI=1S/C18H13FN2O/c19-14-6-3-12(4-7-14)1-2-13-5-8-17-16(9-13)18(22)10-15(11-20)21-17/h3-10H,11,20H2,(H,21,22). The summed E-state index contributed by atoms with van der Waals surface area (Å²) >= 11 is 0. The molecule has 0 aliphatic rings. The van der Waals surface area contributed by atoms with Gasteiger partial charge in [-0.25, -0.2) is 4.39 Å². The number of nitrogens with one attached hydrogen (secondary N) is 1. The Morgan fingerprint density at radius 1 is 1.00 bits per heavy atom. The van der Waals surface area contributed by atoms with E-state index in [1.807, 2.05) is 12.1 Å². The lowest BCUT2D eigenvalue weighted by Crippen LogP contribution is -2.08. The molecular weight excluding hydrogens is 279 g/mol. The number of aromatic nitrogens is 1. The normalized spacial score (nSPS) is 10.3. The van der Waals surface area contributed by atoms with Crippen LogP contribution in [0.15, 0.2) is 53.3 Å². The van der Waals surface area contributed by atoms with Crippen molar-refractivity contribution in [1.29, 1.82) is 0 Å². The van der Waals surface area contributed by atoms with Crippen LogP contribution in [0.3, 0.4) is 0 Å². The molecular formula is C18H13FN2O. The lowest BCUT2D eigenvalue weighted by Gasteiger charge is -2.02. The molecule has 1 heterocycles. The van der Waals surface area contributed by atoms with Gasteiger partial charge in [-0.2, -0.15) is 0 Å². The van der Waals surface area contributed by atoms with Gasteiger partial charge >= 0.3 is 0 Å². The van der Waals surface area contributed by atoms with E-state index in [0.29, 0.717) is 16.6 Å². The largest absolute Gasteiger partial charge is 0.357 e. The summed E-state index contributed by atoms with van der Waals surface area (Å²) in [6, 6.07) is 12.8. The molecule has 0 atom stereocenters. The van der Waals surface area contributed by atoms with Gasteiger partial charge in [0, 0.05) is 40.3 Å². The van der Waals surface area contributed by atoms with Crippen LogP contribution in [0.25, 0.3) is 10.9 Å². The van der Waals surface area contributed by atoms with E-state index in [0.717, 1.165) is 11.1 Å². The number of H-pyrrole nitrogens is 1. The van der Waals surface area contributed by atoms with Crippen molar-refractivity contribution in [3.05, 3.63) is 81.4 Å². The van der Waals surface area contributed by atoms with Crippen LogP contribution in [0.1, 0.15) is 16.8 Å². The minimum Gasteiger partial charge on any atom is -0.357 e. The molecule has 0 spiro atoms. The average Bonchev–Trinajstić information content (AvgIpc) is 2.54. The highest BCUT2D eigenvalue weighted by Crippen LogP contribution is 2.11. The molecule has 3 rings (SSSR count). The van der Waals surface area contributed by atoms with E-state index >= 15 is 0 Å². The molecule has 0 saturated carbocycles. The molecule has 0 fully saturated rings. The van der Waals surface area contributed by atoms with E-state index < -0.39 is 0 Å². The molecule has 108 valence electrons. The minimum absolute atomic E-state index is 0.0837. The van der Waals surface area contributed by atoms with Gasteiger partial charge in [0.25, 0.3) is 0 Å². The van der Waals surface area contributed by atoms with Gasteiger partial charge in [0.2, 0.25) is 0 Å². The molecule has 3 nitrogen and oxygen atoms in total. The van der Waals surface area contributed by atoms with E-state index in [4.69, 9.17) is 5.73 Å². The van der Waals surface area contributed by atoms with Gasteiger partial charge in [-0.1, -0.05) is 11.8 Å². The summed E-state index contributed by atoms with van der Waals surface area (Å²) in [7, 11) is 0. The molecule has 2 aromatic carbocycles. The summed E-state index contributed by atoms with van der Waals surface area (Å²) in [4.78, 5) is 15.2. The van der Waals surface area contributed by atoms with E-state index in [1.165, 1.54) is 18.2 Å². The zero-order chi connectivity index (χ0) is 15.5. The number of nitrogens with two attached hydrogens (primary N) is 1. The number of benzene rings is 2. The lowest BCUT2D eigenvalue weighted by molar-refractivity contribution is 0.627. The first kappa shape index (κ1) is 14.1. The van der Waals surface area contributed by atoms with Crippen LogP contribution >= 0.6 is 0 Å². The number of halogens is 1. The molecule has 0 aliphatic heterocycles. The third kappa shape index (κ3) is 2.90. The van der Waals surface area contributed by atoms with Crippen LogP contribution in [0.2, 0.25) is 0 Å². The fourth-order valence-electron chi connectivity index (χ4n) is 2.17. The van der Waals surface area contributed by atoms with Crippen LogP contribution in [-0.2, 0) is 6.54 Å². The molecule has 0 aliphatic carbocycles. The second kappa shape index (κ2) is 5.84. The maximum Gasteiger partial charge on any atom is 0.189 e. The summed E-state index contributed by atoms with van der Waals surface area (Å²) in [5.74, 6) is 5.63. The number of hydrogen-bond donors (Lipinski definition) is 2. The van der Waals surface area contributed by atoms with Crippen molar-refractivity contribution in [3.8, 4) is 11.8 Å². The van der Waals surface area contributed by atoms with Gasteiger partial charge in [0.15, 0.2) is 5.43 Å². The Labute approximate surface area is 126 Å². The van der Waals surface area contributed by atoms with Gasteiger partial charge < -0.3 is 10.7 Å². The van der Waals surface area contributed by atoms with E-state index in [9.17, 15) is 9.18 Å². The van der Waals surface area contributed by atoms with Crippen LogP contribution in [0.4, 0.5) is 4.39 Å². The second-order valence-corrected chi connectivity index (χ2v) is 4.88. The quantitative estimate of drug-likeness (QED) is 0.677. The Bertz CT molecular complexity index is 947. The van der Waals surface area contributed by atoms with E-state index in [1.54, 1.807) is 18.2 Å². The number of pyridine rings is 1. The molecule has 22 heavy (non-hydrogen) atoms. The summed E-state index contributed by atoms with van der Waals surface area (Å²) in [5, 5.41) is 0.572. The first-order chi connectivity index (χ1) is 10.7. The Hall–Kier alpha value is -2.90. The van der Waals surface area contributed by atoms with Crippen molar-refractivity contribution in [2.24, 2.45) is 5.73 Å². The maximum atomic E-state index is 12.8. The Kier molecular flexibility index (Phi) is 3.73. The summed E-state index contributed by atoms with van der Waals surface area (Å²) in [5.41, 5.74) is 8.33. The Morgan fingerprint density at radius 2 is 1.68 bits per heavy atom. The zero-order valence-corrected chi connectivity index (χ0v) is 11.7. The van der Waals surface area contributed by atoms with Crippen molar-refractivity contribution in [1.82, 2.24) is 4.98 Å². The number of aromatic amines is 1. The lowest BCUT2D eigenvalue weighted by atomic mass is 10.1. The van der Waals surface area contributed by atoms with Crippen molar-refractivity contribution < 1.29 is 4.39 Å². The van der Waals surface area contributed by atoms with Crippen molar-refractivity contribution >= 4 is 10.9 Å². The van der Waals surface area contributed by atoms with Crippen LogP contribution in [0, 0.1) is 17.7 Å². The maximum absolute atomic E-state index is 12.8. The number of fused-ring (bicyclic) bond motifs is 1. The van der Waals surface area contributed by atoms with Crippen molar-refractivity contribution in [2.75, 3.05) is 0 Å². The van der Waals surface area contributed by atoms with Crippen molar-refractivity contribution in [2.45, 2.75) is 6.54 Å². The highest BCUT2D eigenvalue weighted by atomic mass is 19.1. The Balaban J connectivity index is 2.01. The fourth-order valence-corrected chi connectivity index (χ4v) is 2.17. The number of hydrogen-bond acceptors (Lipinski definition) is 2. The molecule has 4 heteroatoms. The molecule has 0 unspecified atom stereocenters. The predicted octanol–water partition coefficient (Wildman–Crippen LogP) is 2.53. The van der Waals surface area contributed by atoms with Gasteiger partial charge in [-0.3, -0.25) is 4.79 Å².